The molecule has 1 heterocycles. The Bertz CT molecular complexity index is 521. The molecule has 1 aromatic rings. The summed E-state index contributed by atoms with van der Waals surface area (Å²) in [5.74, 6) is 2.07. The van der Waals surface area contributed by atoms with Crippen LogP contribution >= 0.6 is 11.8 Å². The number of carbonyl (C=O) groups is 2. The molecule has 1 aliphatic heterocycles. The number of nitrogens with zero attached hydrogens (tertiary/aromatic N) is 1. The monoisotopic (exact) mass is 324 g/mol. The molecule has 0 saturated carbocycles. The lowest BCUT2D eigenvalue weighted by molar-refractivity contribution is -0.126. The van der Waals surface area contributed by atoms with Gasteiger partial charge in [-0.25, -0.2) is 4.79 Å². The fraction of sp³-hybridized carbons (Fsp3) is 0.467. The van der Waals surface area contributed by atoms with Crippen LogP contribution in [0, 0.1) is 0 Å². The maximum atomic E-state index is 12.1. The second-order valence-corrected chi connectivity index (χ2v) is 6.21. The number of rotatable bonds is 7. The normalized spacial score (nSPS) is 15.4. The summed E-state index contributed by atoms with van der Waals surface area (Å²) < 4.78 is 10.7. The number of thioether (sulfide) groups is 1. The molecular weight excluding hydrogens is 304 g/mol. The lowest BCUT2D eigenvalue weighted by Crippen LogP contribution is -2.39. The van der Waals surface area contributed by atoms with Crippen molar-refractivity contribution in [1.82, 2.24) is 10.2 Å². The van der Waals surface area contributed by atoms with Crippen LogP contribution in [0.25, 0.3) is 0 Å². The van der Waals surface area contributed by atoms with Crippen molar-refractivity contribution < 1.29 is 19.1 Å². The van der Waals surface area contributed by atoms with Crippen molar-refractivity contribution in [2.24, 2.45) is 0 Å². The van der Waals surface area contributed by atoms with Crippen LogP contribution in [0.3, 0.4) is 0 Å². The number of nitrogens with one attached hydrogen (secondary N) is 1. The zero-order valence-corrected chi connectivity index (χ0v) is 13.5. The highest BCUT2D eigenvalue weighted by atomic mass is 32.2. The summed E-state index contributed by atoms with van der Waals surface area (Å²) in [6, 6.07) is 7.05. The van der Waals surface area contributed by atoms with Crippen LogP contribution in [0.2, 0.25) is 0 Å². The van der Waals surface area contributed by atoms with E-state index in [0.717, 1.165) is 11.5 Å². The number of benzene rings is 1. The highest BCUT2D eigenvalue weighted by Crippen LogP contribution is 2.18. The number of carbonyl (C=O) groups excluding carboxylic acids is 2. The van der Waals surface area contributed by atoms with Crippen molar-refractivity contribution in [3.05, 3.63) is 24.3 Å². The summed E-state index contributed by atoms with van der Waals surface area (Å²) in [4.78, 5) is 24.8. The Labute approximate surface area is 134 Å². The van der Waals surface area contributed by atoms with Crippen molar-refractivity contribution in [1.29, 1.82) is 0 Å². The van der Waals surface area contributed by atoms with E-state index in [9.17, 15) is 9.59 Å². The van der Waals surface area contributed by atoms with Gasteiger partial charge in [-0.15, -0.1) is 11.8 Å². The lowest BCUT2D eigenvalue weighted by atomic mass is 10.3. The topological polar surface area (TPSA) is 67.9 Å². The standard InChI is InChI=1S/C15H20N2O4S/c1-11(14(18)17-8-7-16-15(17)19)22-10-9-21-13-5-3-12(20-2)4-6-13/h3-6,11H,7-10H2,1-2H3,(H,16,19)/t11-/m0/s1. The van der Waals surface area contributed by atoms with Crippen molar-refractivity contribution in [3.63, 3.8) is 0 Å². The first-order valence-electron chi connectivity index (χ1n) is 7.09. The van der Waals surface area contributed by atoms with Gasteiger partial charge >= 0.3 is 6.03 Å². The minimum Gasteiger partial charge on any atom is -0.497 e. The average molecular weight is 324 g/mol. The summed E-state index contributed by atoms with van der Waals surface area (Å²) >= 11 is 1.48. The van der Waals surface area contributed by atoms with Gasteiger partial charge in [0.2, 0.25) is 5.91 Å². The summed E-state index contributed by atoms with van der Waals surface area (Å²) in [6.07, 6.45) is 0. The van der Waals surface area contributed by atoms with E-state index in [0.29, 0.717) is 25.4 Å². The number of hydrogen-bond donors (Lipinski definition) is 1. The minimum atomic E-state index is -0.299. The summed E-state index contributed by atoms with van der Waals surface area (Å²) in [5, 5.41) is 2.36. The Morgan fingerprint density at radius 3 is 2.64 bits per heavy atom. The van der Waals surface area contributed by atoms with E-state index in [1.165, 1.54) is 16.7 Å². The number of imide groups is 1. The molecule has 0 unspecified atom stereocenters. The molecule has 1 saturated heterocycles. The third-order valence-electron chi connectivity index (χ3n) is 3.25. The van der Waals surface area contributed by atoms with Crippen molar-refractivity contribution in [3.8, 4) is 11.5 Å². The van der Waals surface area contributed by atoms with E-state index in [1.54, 1.807) is 7.11 Å². The van der Waals surface area contributed by atoms with E-state index < -0.39 is 0 Å². The number of methoxy groups -OCH3 is 1. The molecule has 1 aliphatic rings. The van der Waals surface area contributed by atoms with Gasteiger partial charge in [-0.2, -0.15) is 0 Å². The Morgan fingerprint density at radius 1 is 1.36 bits per heavy atom. The summed E-state index contributed by atoms with van der Waals surface area (Å²) in [7, 11) is 1.62. The molecule has 1 fully saturated rings. The van der Waals surface area contributed by atoms with Crippen LogP contribution in [-0.4, -0.2) is 54.6 Å². The van der Waals surface area contributed by atoms with Crippen molar-refractivity contribution in [2.75, 3.05) is 32.6 Å². The predicted octanol–water partition coefficient (Wildman–Crippen LogP) is 1.75. The van der Waals surface area contributed by atoms with Crippen LogP contribution < -0.4 is 14.8 Å². The SMILES string of the molecule is COc1ccc(OCCS[C@@H](C)C(=O)N2CCNC2=O)cc1. The number of urea groups is 1. The molecule has 6 nitrogen and oxygen atoms in total. The molecule has 1 aromatic carbocycles. The Balaban J connectivity index is 1.69. The van der Waals surface area contributed by atoms with Gasteiger partial charge in [-0.3, -0.25) is 9.69 Å². The molecule has 2 rings (SSSR count). The molecule has 0 spiro atoms. The predicted molar refractivity (Wildman–Crippen MR) is 85.5 cm³/mol. The number of ether oxygens (including phenoxy) is 2. The Hall–Kier alpha value is -1.89. The zero-order chi connectivity index (χ0) is 15.9. The molecular formula is C15H20N2O4S. The van der Waals surface area contributed by atoms with Crippen molar-refractivity contribution in [2.45, 2.75) is 12.2 Å². The first-order chi connectivity index (χ1) is 10.6. The van der Waals surface area contributed by atoms with E-state index in [4.69, 9.17) is 9.47 Å². The fourth-order valence-electron chi connectivity index (χ4n) is 2.03. The minimum absolute atomic E-state index is 0.149. The van der Waals surface area contributed by atoms with Gasteiger partial charge in [0.1, 0.15) is 11.5 Å². The third-order valence-corrected chi connectivity index (χ3v) is 4.35. The van der Waals surface area contributed by atoms with Gasteiger partial charge in [0.05, 0.1) is 19.0 Å². The second-order valence-electron chi connectivity index (χ2n) is 4.76. The van der Waals surface area contributed by atoms with Crippen LogP contribution in [0.15, 0.2) is 24.3 Å². The third kappa shape index (κ3) is 4.30. The first-order valence-corrected chi connectivity index (χ1v) is 8.14. The smallest absolute Gasteiger partial charge is 0.324 e. The second kappa shape index (κ2) is 7.93. The molecule has 1 atom stereocenters. The van der Waals surface area contributed by atoms with Crippen LogP contribution in [-0.2, 0) is 4.79 Å². The highest BCUT2D eigenvalue weighted by Gasteiger charge is 2.29. The van der Waals surface area contributed by atoms with Gasteiger partial charge in [0.25, 0.3) is 0 Å². The van der Waals surface area contributed by atoms with Gasteiger partial charge in [0.15, 0.2) is 0 Å². The Kier molecular flexibility index (Phi) is 5.94. The molecule has 7 heteroatoms. The van der Waals surface area contributed by atoms with E-state index >= 15 is 0 Å². The zero-order valence-electron chi connectivity index (χ0n) is 12.7. The van der Waals surface area contributed by atoms with Gasteiger partial charge in [-0.1, -0.05) is 0 Å². The van der Waals surface area contributed by atoms with E-state index in [1.807, 2.05) is 31.2 Å². The van der Waals surface area contributed by atoms with Crippen LogP contribution in [0.1, 0.15) is 6.92 Å². The fourth-order valence-corrected chi connectivity index (χ4v) is 2.83. The van der Waals surface area contributed by atoms with Gasteiger partial charge in [0, 0.05) is 18.8 Å². The lowest BCUT2D eigenvalue weighted by Gasteiger charge is -2.17. The summed E-state index contributed by atoms with van der Waals surface area (Å²) in [5.41, 5.74) is 0. The number of hydrogen-bond acceptors (Lipinski definition) is 5. The molecule has 3 amide bonds. The van der Waals surface area contributed by atoms with Gasteiger partial charge < -0.3 is 14.8 Å². The van der Waals surface area contributed by atoms with Gasteiger partial charge in [-0.05, 0) is 31.2 Å². The number of amides is 3. The maximum Gasteiger partial charge on any atom is 0.324 e. The largest absolute Gasteiger partial charge is 0.497 e. The molecule has 120 valence electrons. The van der Waals surface area contributed by atoms with Crippen LogP contribution in [0.5, 0.6) is 11.5 Å². The van der Waals surface area contributed by atoms with Crippen LogP contribution in [0.4, 0.5) is 4.79 Å². The molecule has 1 N–H and O–H groups in total. The molecule has 0 bridgehead atoms. The average Bonchev–Trinajstić information content (AvgIpc) is 2.97. The van der Waals surface area contributed by atoms with E-state index in [-0.39, 0.29) is 17.2 Å². The molecule has 0 aliphatic carbocycles. The Morgan fingerprint density at radius 2 is 2.05 bits per heavy atom. The summed E-state index contributed by atoms with van der Waals surface area (Å²) in [6.45, 7) is 3.29. The molecule has 22 heavy (non-hydrogen) atoms. The quantitative estimate of drug-likeness (QED) is 0.774. The highest BCUT2D eigenvalue weighted by molar-refractivity contribution is 8.00. The molecule has 0 aromatic heterocycles. The van der Waals surface area contributed by atoms with Crippen molar-refractivity contribution >= 4 is 23.7 Å². The first kappa shape index (κ1) is 16.5. The van der Waals surface area contributed by atoms with E-state index in [2.05, 4.69) is 5.32 Å². The maximum absolute atomic E-state index is 12.1. The molecule has 0 radical (unpaired) electrons.